The van der Waals surface area contributed by atoms with E-state index in [-0.39, 0.29) is 11.9 Å². The average Bonchev–Trinajstić information content (AvgIpc) is 2.52. The maximum Gasteiger partial charge on any atom is 0.233 e. The molecule has 0 saturated carbocycles. The van der Waals surface area contributed by atoms with Crippen molar-refractivity contribution in [1.29, 1.82) is 0 Å². The van der Waals surface area contributed by atoms with E-state index in [4.69, 9.17) is 0 Å². The Balaban J connectivity index is 1.96. The third kappa shape index (κ3) is 4.90. The quantitative estimate of drug-likeness (QED) is 0.764. The van der Waals surface area contributed by atoms with Crippen LogP contribution in [0.3, 0.4) is 0 Å². The summed E-state index contributed by atoms with van der Waals surface area (Å²) in [5.41, 5.74) is 1.16. The maximum absolute atomic E-state index is 12.5. The van der Waals surface area contributed by atoms with Gasteiger partial charge in [-0.15, -0.1) is 11.8 Å². The minimum absolute atomic E-state index is 0.163. The van der Waals surface area contributed by atoms with Crippen molar-refractivity contribution in [3.8, 4) is 0 Å². The summed E-state index contributed by atoms with van der Waals surface area (Å²) < 4.78 is 0. The van der Waals surface area contributed by atoms with Crippen LogP contribution in [0.25, 0.3) is 0 Å². The number of carbonyl (C=O) groups is 1. The molecule has 0 saturated heterocycles. The van der Waals surface area contributed by atoms with E-state index in [0.29, 0.717) is 12.3 Å². The van der Waals surface area contributed by atoms with E-state index in [1.54, 1.807) is 24.2 Å². The molecule has 1 aromatic heterocycles. The Morgan fingerprint density at radius 2 is 1.81 bits per heavy atom. The number of rotatable bonds is 6. The summed E-state index contributed by atoms with van der Waals surface area (Å²) in [4.78, 5) is 19.4. The fraction of sp³-hybridized carbons (Fsp3) is 0.294. The maximum atomic E-state index is 12.5. The van der Waals surface area contributed by atoms with E-state index in [9.17, 15) is 4.79 Å². The molecule has 0 atom stereocenters. The Hall–Kier alpha value is -1.81. The molecule has 1 aromatic carbocycles. The molecule has 3 nitrogen and oxygen atoms in total. The molecule has 0 aliphatic carbocycles. The highest BCUT2D eigenvalue weighted by molar-refractivity contribution is 8.00. The van der Waals surface area contributed by atoms with Crippen molar-refractivity contribution in [1.82, 2.24) is 9.88 Å². The van der Waals surface area contributed by atoms with Gasteiger partial charge in [-0.1, -0.05) is 30.3 Å². The number of aromatic nitrogens is 1. The van der Waals surface area contributed by atoms with E-state index in [1.807, 2.05) is 35.2 Å². The van der Waals surface area contributed by atoms with Crippen molar-refractivity contribution in [3.05, 3.63) is 60.4 Å². The van der Waals surface area contributed by atoms with E-state index < -0.39 is 0 Å². The van der Waals surface area contributed by atoms with Crippen LogP contribution in [0.5, 0.6) is 0 Å². The number of pyridine rings is 1. The minimum atomic E-state index is 0.163. The van der Waals surface area contributed by atoms with Crippen LogP contribution >= 0.6 is 11.8 Å². The van der Waals surface area contributed by atoms with Gasteiger partial charge >= 0.3 is 0 Å². The molecule has 0 bridgehead atoms. The van der Waals surface area contributed by atoms with E-state index >= 15 is 0 Å². The number of hydrogen-bond acceptors (Lipinski definition) is 3. The van der Waals surface area contributed by atoms with Crippen LogP contribution in [-0.2, 0) is 11.3 Å². The molecule has 21 heavy (non-hydrogen) atoms. The summed E-state index contributed by atoms with van der Waals surface area (Å²) in [5, 5.41) is 0. The molecule has 0 aliphatic rings. The smallest absolute Gasteiger partial charge is 0.233 e. The number of benzene rings is 1. The Morgan fingerprint density at radius 3 is 2.43 bits per heavy atom. The predicted octanol–water partition coefficient (Wildman–Crippen LogP) is 3.61. The molecule has 1 amide bonds. The van der Waals surface area contributed by atoms with Gasteiger partial charge < -0.3 is 4.90 Å². The lowest BCUT2D eigenvalue weighted by Gasteiger charge is -2.27. The van der Waals surface area contributed by atoms with E-state index in [2.05, 4.69) is 31.0 Å². The highest BCUT2D eigenvalue weighted by Gasteiger charge is 2.17. The molecule has 0 radical (unpaired) electrons. The number of thioether (sulfide) groups is 1. The van der Waals surface area contributed by atoms with Crippen LogP contribution in [0, 0.1) is 0 Å². The predicted molar refractivity (Wildman–Crippen MR) is 87.1 cm³/mol. The fourth-order valence-corrected chi connectivity index (χ4v) is 2.77. The zero-order chi connectivity index (χ0) is 15.1. The summed E-state index contributed by atoms with van der Waals surface area (Å²) in [7, 11) is 0. The summed E-state index contributed by atoms with van der Waals surface area (Å²) >= 11 is 1.55. The number of amides is 1. The fourth-order valence-electron chi connectivity index (χ4n) is 2.00. The lowest BCUT2D eigenvalue weighted by atomic mass is 10.2. The monoisotopic (exact) mass is 300 g/mol. The summed E-state index contributed by atoms with van der Waals surface area (Å²) in [6.07, 6.45) is 3.49. The molecule has 0 N–H and O–H groups in total. The van der Waals surface area contributed by atoms with Crippen LogP contribution in [0.15, 0.2) is 59.8 Å². The van der Waals surface area contributed by atoms with Crippen molar-refractivity contribution in [3.63, 3.8) is 0 Å². The van der Waals surface area contributed by atoms with Crippen LogP contribution < -0.4 is 0 Å². The molecular formula is C17H20N2OS. The van der Waals surface area contributed by atoms with Crippen molar-refractivity contribution in [2.75, 3.05) is 5.75 Å². The summed E-state index contributed by atoms with van der Waals surface area (Å²) in [6.45, 7) is 4.77. The van der Waals surface area contributed by atoms with E-state index in [1.165, 1.54) is 0 Å². The lowest BCUT2D eigenvalue weighted by Crippen LogP contribution is -2.37. The highest BCUT2D eigenvalue weighted by atomic mass is 32.2. The normalized spacial score (nSPS) is 10.6. The van der Waals surface area contributed by atoms with E-state index in [0.717, 1.165) is 10.5 Å². The molecule has 0 spiro atoms. The molecule has 2 rings (SSSR count). The Morgan fingerprint density at radius 1 is 1.14 bits per heavy atom. The molecule has 0 aliphatic heterocycles. The lowest BCUT2D eigenvalue weighted by molar-refractivity contribution is -0.130. The molecule has 110 valence electrons. The molecular weight excluding hydrogens is 280 g/mol. The summed E-state index contributed by atoms with van der Waals surface area (Å²) in [5.74, 6) is 0.616. The summed E-state index contributed by atoms with van der Waals surface area (Å²) in [6, 6.07) is 14.1. The third-order valence-electron chi connectivity index (χ3n) is 3.15. The van der Waals surface area contributed by atoms with Gasteiger partial charge in [0.25, 0.3) is 0 Å². The largest absolute Gasteiger partial charge is 0.335 e. The molecule has 1 heterocycles. The SMILES string of the molecule is CC(C)N(Cc1ccccc1)C(=O)CSc1ccncc1. The van der Waals surface area contributed by atoms with Gasteiger partial charge in [-0.2, -0.15) is 0 Å². The van der Waals surface area contributed by atoms with Gasteiger partial charge in [0.2, 0.25) is 5.91 Å². The first-order chi connectivity index (χ1) is 10.2. The molecule has 2 aromatic rings. The van der Waals surface area contributed by atoms with Gasteiger partial charge in [-0.25, -0.2) is 0 Å². The molecule has 0 fully saturated rings. The van der Waals surface area contributed by atoms with Gasteiger partial charge in [0.15, 0.2) is 0 Å². The van der Waals surface area contributed by atoms with Crippen LogP contribution in [0.2, 0.25) is 0 Å². The second-order valence-electron chi connectivity index (χ2n) is 5.07. The zero-order valence-corrected chi connectivity index (χ0v) is 13.2. The van der Waals surface area contributed by atoms with Gasteiger partial charge in [0.05, 0.1) is 5.75 Å². The Kier molecular flexibility index (Phi) is 5.81. The van der Waals surface area contributed by atoms with Crippen LogP contribution in [-0.4, -0.2) is 27.6 Å². The topological polar surface area (TPSA) is 33.2 Å². The van der Waals surface area contributed by atoms with Crippen molar-refractivity contribution < 1.29 is 4.79 Å². The van der Waals surface area contributed by atoms with Crippen molar-refractivity contribution >= 4 is 17.7 Å². The average molecular weight is 300 g/mol. The van der Waals surface area contributed by atoms with Crippen molar-refractivity contribution in [2.45, 2.75) is 31.3 Å². The van der Waals surface area contributed by atoms with Crippen LogP contribution in [0.4, 0.5) is 0 Å². The standard InChI is InChI=1S/C17H20N2OS/c1-14(2)19(12-15-6-4-3-5-7-15)17(20)13-21-16-8-10-18-11-9-16/h3-11,14H,12-13H2,1-2H3. The second-order valence-corrected chi connectivity index (χ2v) is 6.12. The van der Waals surface area contributed by atoms with Crippen molar-refractivity contribution in [2.24, 2.45) is 0 Å². The first kappa shape index (κ1) is 15.6. The minimum Gasteiger partial charge on any atom is -0.335 e. The highest BCUT2D eigenvalue weighted by Crippen LogP contribution is 2.18. The Bertz CT molecular complexity index is 558. The number of hydrogen-bond donors (Lipinski definition) is 0. The number of carbonyl (C=O) groups excluding carboxylic acids is 1. The van der Waals surface area contributed by atoms with Gasteiger partial charge in [-0.3, -0.25) is 9.78 Å². The Labute approximate surface area is 130 Å². The molecule has 0 unspecified atom stereocenters. The third-order valence-corrected chi connectivity index (χ3v) is 4.15. The van der Waals surface area contributed by atoms with Gasteiger partial charge in [0.1, 0.15) is 0 Å². The second kappa shape index (κ2) is 7.84. The first-order valence-electron chi connectivity index (χ1n) is 7.03. The first-order valence-corrected chi connectivity index (χ1v) is 8.01. The van der Waals surface area contributed by atoms with Gasteiger partial charge in [-0.05, 0) is 31.5 Å². The zero-order valence-electron chi connectivity index (χ0n) is 12.4. The van der Waals surface area contributed by atoms with Crippen LogP contribution in [0.1, 0.15) is 19.4 Å². The van der Waals surface area contributed by atoms with Gasteiger partial charge in [0, 0.05) is 29.9 Å². The molecule has 4 heteroatoms. The number of nitrogens with zero attached hydrogens (tertiary/aromatic N) is 2.